The van der Waals surface area contributed by atoms with Gasteiger partial charge in [-0.15, -0.1) is 0 Å². The number of halogens is 1. The Kier molecular flexibility index (Phi) is 9.47. The molecule has 0 saturated carbocycles. The van der Waals surface area contributed by atoms with Gasteiger partial charge in [-0.3, -0.25) is 15.4 Å². The highest BCUT2D eigenvalue weighted by atomic mass is 35.5. The zero-order valence-electron chi connectivity index (χ0n) is 15.8. The lowest BCUT2D eigenvalue weighted by Crippen LogP contribution is -2.27. The number of nitrogens with zero attached hydrogens (tertiary/aromatic N) is 4. The van der Waals surface area contributed by atoms with Crippen LogP contribution in [0.25, 0.3) is 0 Å². The number of amidine groups is 1. The molecule has 1 aromatic carbocycles. The van der Waals surface area contributed by atoms with Crippen LogP contribution in [0.5, 0.6) is 0 Å². The molecule has 0 fully saturated rings. The van der Waals surface area contributed by atoms with Crippen LogP contribution in [0.4, 0.5) is 0 Å². The quantitative estimate of drug-likeness (QED) is 0.797. The van der Waals surface area contributed by atoms with Gasteiger partial charge in [-0.1, -0.05) is 48.0 Å². The highest BCUT2D eigenvalue weighted by molar-refractivity contribution is 6.85. The van der Waals surface area contributed by atoms with Gasteiger partial charge in [0.05, 0.1) is 6.04 Å². The van der Waals surface area contributed by atoms with Crippen molar-refractivity contribution >= 4 is 34.5 Å². The first-order valence-corrected chi connectivity index (χ1v) is 8.68. The molecule has 1 aromatic rings. The van der Waals surface area contributed by atoms with Gasteiger partial charge in [0.1, 0.15) is 23.4 Å². The molecule has 1 aliphatic rings. The highest BCUT2D eigenvalue weighted by Gasteiger charge is 2.12. The van der Waals surface area contributed by atoms with Gasteiger partial charge in [0.15, 0.2) is 0 Å². The average molecular weight is 375 g/mol. The normalized spacial score (nSPS) is 21.1. The van der Waals surface area contributed by atoms with E-state index in [1.54, 1.807) is 11.0 Å². The van der Waals surface area contributed by atoms with E-state index in [-0.39, 0.29) is 6.04 Å². The van der Waals surface area contributed by atoms with Crippen molar-refractivity contribution in [1.29, 1.82) is 10.8 Å². The van der Waals surface area contributed by atoms with Crippen molar-refractivity contribution in [2.24, 2.45) is 9.98 Å². The predicted molar refractivity (Wildman–Crippen MR) is 113 cm³/mol. The molecule has 1 heterocycles. The molecule has 1 aliphatic heterocycles. The van der Waals surface area contributed by atoms with E-state index >= 15 is 0 Å². The van der Waals surface area contributed by atoms with Crippen LogP contribution in [-0.2, 0) is 0 Å². The minimum absolute atomic E-state index is 0.0942. The van der Waals surface area contributed by atoms with Gasteiger partial charge in [0, 0.05) is 25.4 Å². The number of aliphatic imine (C=N–C) groups is 2. The fraction of sp³-hybridized carbons (Fsp3) is 0.368. The fourth-order valence-corrected chi connectivity index (χ4v) is 2.27. The van der Waals surface area contributed by atoms with Gasteiger partial charge >= 0.3 is 0 Å². The monoisotopic (exact) mass is 374 g/mol. The molecule has 2 N–H and O–H groups in total. The second kappa shape index (κ2) is 11.3. The first kappa shape index (κ1) is 21.7. The van der Waals surface area contributed by atoms with E-state index in [9.17, 15) is 0 Å². The van der Waals surface area contributed by atoms with E-state index in [4.69, 9.17) is 22.4 Å². The Balaban J connectivity index is 0.000000487. The first-order valence-electron chi connectivity index (χ1n) is 8.30. The lowest BCUT2D eigenvalue weighted by atomic mass is 10.1. The van der Waals surface area contributed by atoms with Crippen molar-refractivity contribution in [1.82, 2.24) is 9.80 Å². The molecule has 6 nitrogen and oxygen atoms in total. The fourth-order valence-electron chi connectivity index (χ4n) is 1.95. The number of hydrogen-bond acceptors (Lipinski definition) is 5. The number of hydrogen-bond donors (Lipinski definition) is 2. The number of likely N-dealkylation sites (N-methyl/N-ethyl adjacent to an activating group) is 1. The Bertz CT molecular complexity index is 679. The van der Waals surface area contributed by atoms with E-state index in [2.05, 4.69) is 9.98 Å². The second-order valence-electron chi connectivity index (χ2n) is 6.08. The van der Waals surface area contributed by atoms with Gasteiger partial charge < -0.3 is 15.2 Å². The van der Waals surface area contributed by atoms with Gasteiger partial charge in [0.25, 0.3) is 0 Å². The summed E-state index contributed by atoms with van der Waals surface area (Å²) in [4.78, 5) is 12.6. The summed E-state index contributed by atoms with van der Waals surface area (Å²) in [5.74, 6) is 0.404. The SMILES string of the molecule is CC1/C=C\C(=N)N(C)C/N=C(/c2ccccc2)C(Cl)=N1.CN(C)CC=N. The molecule has 0 saturated heterocycles. The summed E-state index contributed by atoms with van der Waals surface area (Å²) < 4.78 is 0. The Morgan fingerprint density at radius 2 is 1.96 bits per heavy atom. The van der Waals surface area contributed by atoms with Gasteiger partial charge in [-0.25, -0.2) is 0 Å². The molecule has 0 aromatic heterocycles. The molecular weight excluding hydrogens is 348 g/mol. The average Bonchev–Trinajstić information content (AvgIpc) is 2.60. The zero-order chi connectivity index (χ0) is 19.5. The molecule has 0 spiro atoms. The summed E-state index contributed by atoms with van der Waals surface area (Å²) in [6, 6.07) is 9.64. The number of nitrogens with one attached hydrogen (secondary N) is 2. The van der Waals surface area contributed by atoms with Crippen molar-refractivity contribution < 1.29 is 0 Å². The van der Waals surface area contributed by atoms with Gasteiger partial charge in [0.2, 0.25) is 0 Å². The largest absolute Gasteiger partial charge is 0.341 e. The first-order chi connectivity index (χ1) is 12.3. The van der Waals surface area contributed by atoms with Crippen molar-refractivity contribution in [2.75, 3.05) is 34.4 Å². The van der Waals surface area contributed by atoms with Crippen LogP contribution in [-0.4, -0.2) is 73.1 Å². The van der Waals surface area contributed by atoms with E-state index in [1.807, 2.05) is 69.4 Å². The summed E-state index contributed by atoms with van der Waals surface area (Å²) in [5.41, 5.74) is 1.59. The molecule has 0 aliphatic carbocycles. The van der Waals surface area contributed by atoms with Crippen molar-refractivity contribution in [3.05, 3.63) is 48.0 Å². The van der Waals surface area contributed by atoms with Gasteiger partial charge in [-0.2, -0.15) is 0 Å². The summed E-state index contributed by atoms with van der Waals surface area (Å²) in [6.45, 7) is 3.05. The Labute approximate surface area is 160 Å². The third-order valence-corrected chi connectivity index (χ3v) is 3.68. The summed E-state index contributed by atoms with van der Waals surface area (Å²) in [5, 5.41) is 14.9. The van der Waals surface area contributed by atoms with Crippen LogP contribution in [0.15, 0.2) is 52.5 Å². The minimum atomic E-state index is -0.0942. The molecule has 140 valence electrons. The third kappa shape index (κ3) is 7.72. The molecule has 0 bridgehead atoms. The Hall–Kier alpha value is -2.31. The minimum Gasteiger partial charge on any atom is -0.341 e. The summed E-state index contributed by atoms with van der Waals surface area (Å²) >= 11 is 6.31. The Morgan fingerprint density at radius 1 is 1.31 bits per heavy atom. The van der Waals surface area contributed by atoms with Crippen LogP contribution in [0.1, 0.15) is 12.5 Å². The molecule has 0 radical (unpaired) electrons. The second-order valence-corrected chi connectivity index (χ2v) is 6.44. The number of rotatable bonds is 3. The van der Waals surface area contributed by atoms with Crippen LogP contribution < -0.4 is 0 Å². The molecular formula is C19H27ClN6. The predicted octanol–water partition coefficient (Wildman–Crippen LogP) is 3.14. The van der Waals surface area contributed by atoms with Crippen molar-refractivity contribution in [3.8, 4) is 0 Å². The lowest BCUT2D eigenvalue weighted by Gasteiger charge is -2.17. The van der Waals surface area contributed by atoms with Crippen molar-refractivity contribution in [3.63, 3.8) is 0 Å². The summed E-state index contributed by atoms with van der Waals surface area (Å²) in [7, 11) is 5.70. The van der Waals surface area contributed by atoms with Crippen LogP contribution in [0, 0.1) is 10.8 Å². The maximum atomic E-state index is 7.90. The topological polar surface area (TPSA) is 78.9 Å². The molecule has 1 unspecified atom stereocenters. The smallest absolute Gasteiger partial charge is 0.150 e. The van der Waals surface area contributed by atoms with Gasteiger partial charge in [-0.05, 0) is 27.1 Å². The van der Waals surface area contributed by atoms with Crippen LogP contribution in [0.2, 0.25) is 0 Å². The lowest BCUT2D eigenvalue weighted by molar-refractivity contribution is 0.473. The van der Waals surface area contributed by atoms with E-state index in [1.165, 1.54) is 6.21 Å². The maximum absolute atomic E-state index is 7.90. The van der Waals surface area contributed by atoms with E-state index < -0.39 is 0 Å². The maximum Gasteiger partial charge on any atom is 0.150 e. The number of benzene rings is 1. The molecule has 7 heteroatoms. The van der Waals surface area contributed by atoms with Crippen molar-refractivity contribution in [2.45, 2.75) is 13.0 Å². The molecule has 1 atom stereocenters. The zero-order valence-corrected chi connectivity index (χ0v) is 16.5. The standard InChI is InChI=1S/C15H17ClN4.C4H10N2/c1-11-8-9-13(17)20(2)10-18-14(15(16)19-11)12-6-4-3-5-7-12;1-6(2)4-3-5/h3-9,11,17H,10H2,1-2H3;3,5H,4H2,1-2H3/b9-8-,17-13?,18-14-,19-15?;. The summed E-state index contributed by atoms with van der Waals surface area (Å²) in [6.07, 6.45) is 4.95. The Morgan fingerprint density at radius 3 is 2.50 bits per heavy atom. The molecule has 2 rings (SSSR count). The van der Waals surface area contributed by atoms with Crippen LogP contribution >= 0.6 is 11.6 Å². The highest BCUT2D eigenvalue weighted by Crippen LogP contribution is 2.09. The molecule has 26 heavy (non-hydrogen) atoms. The van der Waals surface area contributed by atoms with E-state index in [0.29, 0.717) is 23.4 Å². The van der Waals surface area contributed by atoms with Crippen LogP contribution in [0.3, 0.4) is 0 Å². The molecule has 0 amide bonds. The third-order valence-electron chi connectivity index (χ3n) is 3.40. The van der Waals surface area contributed by atoms with E-state index in [0.717, 1.165) is 12.1 Å².